The predicted molar refractivity (Wildman–Crippen MR) is 193 cm³/mol. The molecule has 0 aromatic rings. The van der Waals surface area contributed by atoms with Gasteiger partial charge >= 0.3 is 11.9 Å². The summed E-state index contributed by atoms with van der Waals surface area (Å²) in [5.74, 6) is -0.921. The number of cyclic esters (lactones) is 1. The third kappa shape index (κ3) is 15.7. The minimum absolute atomic E-state index is 0.00487. The number of rotatable bonds is 16. The van der Waals surface area contributed by atoms with Crippen LogP contribution in [0.5, 0.6) is 0 Å². The molecule has 0 aliphatic carbocycles. The third-order valence-corrected chi connectivity index (χ3v) is 9.37. The molecule has 0 saturated carbocycles. The molecule has 2 heterocycles. The predicted octanol–water partition coefficient (Wildman–Crippen LogP) is 3.98. The van der Waals surface area contributed by atoms with Gasteiger partial charge in [0.1, 0.15) is 23.9 Å². The Hall–Kier alpha value is -2.61. The first-order valence-corrected chi connectivity index (χ1v) is 17.9. The van der Waals surface area contributed by atoms with Crippen molar-refractivity contribution < 1.29 is 48.3 Å². The van der Waals surface area contributed by atoms with E-state index in [2.05, 4.69) is 26.1 Å². The molecule has 1 saturated heterocycles. The van der Waals surface area contributed by atoms with Gasteiger partial charge in [0.25, 0.3) is 0 Å². The second-order valence-corrected chi connectivity index (χ2v) is 14.0. The van der Waals surface area contributed by atoms with Gasteiger partial charge in [0.05, 0.1) is 30.8 Å². The highest BCUT2D eigenvalue weighted by molar-refractivity contribution is 5.70. The van der Waals surface area contributed by atoms with Crippen molar-refractivity contribution >= 4 is 18.3 Å². The SMILES string of the molecule is CCC(=O)OC1/C=C/C(C)C(/C(C)=C/C=C/C(C)C(OC)C2OC2C(C)C(CC)OC)OC(=O)CC(O)CCC1(C)O.CN(C)CCNC=O. The Kier molecular flexibility index (Phi) is 20.9. The number of likely N-dealkylation sites (N-methyl/N-ethyl adjacent to an activating group) is 1. The van der Waals surface area contributed by atoms with Crippen LogP contribution in [0, 0.1) is 17.8 Å². The number of carbonyl (C=O) groups is 3. The van der Waals surface area contributed by atoms with Crippen molar-refractivity contribution in [3.8, 4) is 0 Å². The minimum Gasteiger partial charge on any atom is -0.457 e. The van der Waals surface area contributed by atoms with Gasteiger partial charge in [-0.3, -0.25) is 14.4 Å². The second-order valence-electron chi connectivity index (χ2n) is 14.0. The molecule has 0 aromatic heterocycles. The summed E-state index contributed by atoms with van der Waals surface area (Å²) in [6, 6.07) is 0. The summed E-state index contributed by atoms with van der Waals surface area (Å²) < 4.78 is 28.8. The molecule has 12 heteroatoms. The van der Waals surface area contributed by atoms with Gasteiger partial charge < -0.3 is 44.1 Å². The number of nitrogens with zero attached hydrogens (tertiary/aromatic N) is 1. The lowest BCUT2D eigenvalue weighted by Crippen LogP contribution is -2.42. The number of epoxide rings is 1. The van der Waals surface area contributed by atoms with Gasteiger partial charge in [0, 0.05) is 51.5 Å². The number of hydrogen-bond acceptors (Lipinski definition) is 11. The Morgan fingerprint density at radius 2 is 1.86 bits per heavy atom. The van der Waals surface area contributed by atoms with Crippen LogP contribution in [0.1, 0.15) is 80.6 Å². The molecule has 11 atom stereocenters. The lowest BCUT2D eigenvalue weighted by Gasteiger charge is -2.32. The number of ether oxygens (including phenoxy) is 5. The van der Waals surface area contributed by atoms with Crippen LogP contribution in [0.3, 0.4) is 0 Å². The van der Waals surface area contributed by atoms with Crippen molar-refractivity contribution in [2.45, 2.75) is 129 Å². The first-order valence-electron chi connectivity index (χ1n) is 17.9. The monoisotopic (exact) mass is 710 g/mol. The number of amides is 1. The van der Waals surface area contributed by atoms with E-state index < -0.39 is 35.9 Å². The van der Waals surface area contributed by atoms with Gasteiger partial charge in [-0.1, -0.05) is 58.9 Å². The zero-order chi connectivity index (χ0) is 38.0. The molecular formula is C38H66N2O10. The lowest BCUT2D eigenvalue weighted by molar-refractivity contribution is -0.159. The molecule has 0 aromatic carbocycles. The number of allylic oxidation sites excluding steroid dienone is 2. The normalized spacial score (nSPS) is 30.8. The van der Waals surface area contributed by atoms with Crippen LogP contribution in [0.15, 0.2) is 36.0 Å². The molecule has 12 nitrogen and oxygen atoms in total. The number of nitrogens with one attached hydrogen (secondary N) is 1. The topological polar surface area (TPSA) is 156 Å². The number of methoxy groups -OCH3 is 2. The van der Waals surface area contributed by atoms with Gasteiger partial charge in [-0.05, 0) is 58.9 Å². The smallest absolute Gasteiger partial charge is 0.309 e. The molecule has 0 bridgehead atoms. The number of esters is 2. The Morgan fingerprint density at radius 1 is 1.18 bits per heavy atom. The van der Waals surface area contributed by atoms with Crippen molar-refractivity contribution in [1.82, 2.24) is 10.2 Å². The largest absolute Gasteiger partial charge is 0.457 e. The number of carbonyl (C=O) groups excluding carboxylic acids is 3. The van der Waals surface area contributed by atoms with Crippen molar-refractivity contribution in [3.05, 3.63) is 36.0 Å². The summed E-state index contributed by atoms with van der Waals surface area (Å²) in [4.78, 5) is 36.5. The van der Waals surface area contributed by atoms with Gasteiger partial charge in [0.15, 0.2) is 0 Å². The summed E-state index contributed by atoms with van der Waals surface area (Å²) in [6.07, 6.45) is 8.85. The molecule has 0 spiro atoms. The number of aliphatic hydroxyl groups is 2. The summed E-state index contributed by atoms with van der Waals surface area (Å²) >= 11 is 0. The number of hydrogen-bond donors (Lipinski definition) is 3. The average Bonchev–Trinajstić information content (AvgIpc) is 3.85. The van der Waals surface area contributed by atoms with Crippen LogP contribution in [0.2, 0.25) is 0 Å². The maximum Gasteiger partial charge on any atom is 0.309 e. The van der Waals surface area contributed by atoms with E-state index in [-0.39, 0.29) is 67.9 Å². The maximum absolute atomic E-state index is 12.7. The highest BCUT2D eigenvalue weighted by Crippen LogP contribution is 2.38. The molecule has 2 aliphatic heterocycles. The van der Waals surface area contributed by atoms with Crippen LogP contribution in [0.4, 0.5) is 0 Å². The minimum atomic E-state index is -1.41. The van der Waals surface area contributed by atoms with Crippen molar-refractivity contribution in [2.75, 3.05) is 41.4 Å². The van der Waals surface area contributed by atoms with E-state index in [9.17, 15) is 24.6 Å². The molecule has 1 fully saturated rings. The van der Waals surface area contributed by atoms with E-state index in [0.717, 1.165) is 25.1 Å². The van der Waals surface area contributed by atoms with Crippen molar-refractivity contribution in [2.24, 2.45) is 17.8 Å². The van der Waals surface area contributed by atoms with E-state index >= 15 is 0 Å². The molecule has 2 rings (SSSR count). The average molecular weight is 711 g/mol. The van der Waals surface area contributed by atoms with E-state index in [1.807, 2.05) is 51.1 Å². The van der Waals surface area contributed by atoms with Crippen LogP contribution in [0.25, 0.3) is 0 Å². The molecule has 3 N–H and O–H groups in total. The Labute approximate surface area is 300 Å². The first kappa shape index (κ1) is 45.4. The van der Waals surface area contributed by atoms with Crippen molar-refractivity contribution in [3.63, 3.8) is 0 Å². The molecule has 0 radical (unpaired) electrons. The molecule has 11 unspecified atom stereocenters. The van der Waals surface area contributed by atoms with Gasteiger partial charge in [0.2, 0.25) is 6.41 Å². The van der Waals surface area contributed by atoms with Crippen molar-refractivity contribution in [1.29, 1.82) is 0 Å². The van der Waals surface area contributed by atoms with Gasteiger partial charge in [-0.15, -0.1) is 0 Å². The molecular weight excluding hydrogens is 644 g/mol. The summed E-state index contributed by atoms with van der Waals surface area (Å²) in [6.45, 7) is 15.0. The lowest BCUT2D eigenvalue weighted by atomic mass is 9.88. The zero-order valence-corrected chi connectivity index (χ0v) is 32.3. The van der Waals surface area contributed by atoms with Crippen LogP contribution in [-0.2, 0) is 38.1 Å². The summed E-state index contributed by atoms with van der Waals surface area (Å²) in [5, 5.41) is 24.1. The Morgan fingerprint density at radius 3 is 2.42 bits per heavy atom. The number of aliphatic hydroxyl groups excluding tert-OH is 1. The molecule has 1 amide bonds. The first-order chi connectivity index (χ1) is 23.6. The Bertz CT molecular complexity index is 1100. The van der Waals surface area contributed by atoms with Crippen LogP contribution < -0.4 is 5.32 Å². The molecule has 288 valence electrons. The van der Waals surface area contributed by atoms with E-state index in [1.165, 1.54) is 0 Å². The standard InChI is InChI=1S/C33H54O9.C5H12N2O/c1-10-25(38-8)23(6)31-32(42-31)30(39-9)21(4)14-12-13-20(3)29-22(5)15-16-26(40-27(35)11-2)33(7,37)18-17-24(34)19-28(36)41-29;1-7(2)4-3-6-5-8/h12-16,21-26,29-32,34,37H,10-11,17-19H2,1-9H3;5H,3-4H2,1-2H3,(H,6,8)/b14-12+,16-15+,20-13+;. The highest BCUT2D eigenvalue weighted by Gasteiger charge is 2.51. The molecule has 50 heavy (non-hydrogen) atoms. The Balaban J connectivity index is 0.00000139. The van der Waals surface area contributed by atoms with Crippen LogP contribution >= 0.6 is 0 Å². The van der Waals surface area contributed by atoms with E-state index in [1.54, 1.807) is 40.2 Å². The second kappa shape index (κ2) is 23.1. The zero-order valence-electron chi connectivity index (χ0n) is 32.3. The fourth-order valence-electron chi connectivity index (χ4n) is 6.05. The fraction of sp³-hybridized carbons (Fsp3) is 0.763. The van der Waals surface area contributed by atoms with Gasteiger partial charge in [-0.25, -0.2) is 0 Å². The van der Waals surface area contributed by atoms with Crippen LogP contribution in [-0.4, -0.2) is 123 Å². The van der Waals surface area contributed by atoms with Gasteiger partial charge in [-0.2, -0.15) is 0 Å². The highest BCUT2D eigenvalue weighted by atomic mass is 16.6. The summed E-state index contributed by atoms with van der Waals surface area (Å²) in [7, 11) is 7.36. The summed E-state index contributed by atoms with van der Waals surface area (Å²) in [5.41, 5.74) is -0.607. The fourth-order valence-corrected chi connectivity index (χ4v) is 6.05. The maximum atomic E-state index is 12.7. The van der Waals surface area contributed by atoms with E-state index in [0.29, 0.717) is 6.41 Å². The molecule has 2 aliphatic rings. The van der Waals surface area contributed by atoms with E-state index in [4.69, 9.17) is 23.7 Å². The third-order valence-electron chi connectivity index (χ3n) is 9.37. The quantitative estimate of drug-likeness (QED) is 0.0532.